The predicted molar refractivity (Wildman–Crippen MR) is 438 cm³/mol. The van der Waals surface area contributed by atoms with E-state index < -0.39 is 159 Å². The number of carboxylic acid groups (broad SMARTS) is 1. The lowest BCUT2D eigenvalue weighted by Gasteiger charge is -2.26. The minimum atomic E-state index is -2.78. The van der Waals surface area contributed by atoms with Gasteiger partial charge in [-0.1, -0.05) is 214 Å². The average Bonchev–Trinajstić information content (AvgIpc) is 0.706. The zero-order valence-electron chi connectivity index (χ0n) is 73.0. The molecule has 0 aliphatic heterocycles. The summed E-state index contributed by atoms with van der Waals surface area (Å²) in [5.74, 6) is -17.7. The number of rotatable bonds is 73. The molecule has 0 aliphatic carbocycles. The Balaban J connectivity index is 3.14. The van der Waals surface area contributed by atoms with Crippen LogP contribution < -0.4 is 0 Å². The third-order valence-electron chi connectivity index (χ3n) is 18.1. The molecule has 4 N–H and O–H groups in total. The van der Waals surface area contributed by atoms with E-state index in [0.29, 0.717) is 38.5 Å². The van der Waals surface area contributed by atoms with Gasteiger partial charge in [0.2, 0.25) is 6.10 Å². The zero-order valence-corrected chi connectivity index (χ0v) is 73.0. The van der Waals surface area contributed by atoms with E-state index >= 15 is 24.0 Å². The molecule has 3 unspecified atom stereocenters. The smallest absolute Gasteiger partial charge is 0.372 e. The number of Topliss-reactive ketones (excluding diaryl/α,β-unsaturated/α-hetero) is 2. The molecule has 0 spiro atoms. The molecule has 0 radical (unpaired) electrons. The van der Waals surface area contributed by atoms with Crippen molar-refractivity contribution in [2.45, 2.75) is 272 Å². The lowest BCUT2D eigenvalue weighted by molar-refractivity contribution is -0.158. The van der Waals surface area contributed by atoms with Gasteiger partial charge < -0.3 is 39.4 Å². The van der Waals surface area contributed by atoms with E-state index in [1.807, 2.05) is 0 Å². The number of benzene rings is 2. The molecule has 0 aliphatic rings. The van der Waals surface area contributed by atoms with Gasteiger partial charge in [-0.25, -0.2) is 33.6 Å². The van der Waals surface area contributed by atoms with Crippen LogP contribution in [0.3, 0.4) is 0 Å². The topological polar surface area (TPSA) is 784 Å². The standard InChI is InChI=1S/C70H110N40O19/c1-8-12-16-20-24-28-32-36-42-124-66(119)59-57-56(65(117)118)51(47-54(113)52(48-111)49(5)46-55(114)128-109-107-105-103-101-99-97-95-93-91-89-87-85-83-81-79-77-75-73-71-6)50(40-41-53(112)64(116)70(123)129-110-108-106-104-102-100-98-96-94-92-90-88-86-84-82-80-78-76-74-72-7)63(115)58(57)60(67(120)125-43-37-33-29-25-21-17-13-9-2)62(69(122)127-45-39-35-31-27-23-19-15-11-4)61(59)68(121)126-44-38-34-30-26-22-18-14-10-3/h49,52,64,111,115-116H,8-48H2,1-7H3,(H,117,118). The van der Waals surface area contributed by atoms with E-state index in [2.05, 4.69) is 241 Å². The summed E-state index contributed by atoms with van der Waals surface area (Å²) < 4.78 is 23.9. The second kappa shape index (κ2) is 75.4. The number of carboxylic acids is 1. The SMILES string of the molecule is CCCCCCCCCCOC(=O)c1c(C(=O)OCCCCCCCCCC)c(C(=O)OCCCCCCCCCC)c2c(C(=O)O)c(CC(=O)C(CO)C(C)CC(=O)ON=NN=NN=NN=NN=NN=NN=NN=NN=NN=NC)c(CCC(=O)C(O)C(=O)ON=NN=NN=NN=NN=NN=NN=NN=NN=NN=NC)c(O)c2c1C(=O)OCCCCCCCCCC. The highest BCUT2D eigenvalue weighted by molar-refractivity contribution is 6.28. The number of hydrogen-bond acceptors (Lipinski definition) is 22. The number of fused-ring (bicyclic) bond motifs is 1. The maximum atomic E-state index is 15.7. The molecule has 2 aromatic rings. The van der Waals surface area contributed by atoms with Crippen LogP contribution in [0, 0.1) is 11.8 Å². The van der Waals surface area contributed by atoms with Crippen LogP contribution in [-0.4, -0.2) is 127 Å². The van der Waals surface area contributed by atoms with Gasteiger partial charge in [0.05, 0.1) is 91.9 Å². The normalized spacial score (nSPS) is 13.4. The van der Waals surface area contributed by atoms with Crippen molar-refractivity contribution >= 4 is 64.1 Å². The molecule has 704 valence electrons. The van der Waals surface area contributed by atoms with Gasteiger partial charge in [-0.05, 0) is 133 Å². The molecule has 3 atom stereocenters. The van der Waals surface area contributed by atoms with Crippen molar-refractivity contribution in [3.8, 4) is 5.75 Å². The van der Waals surface area contributed by atoms with Gasteiger partial charge in [0.1, 0.15) is 11.5 Å². The Kier molecular flexibility index (Phi) is 64.9. The summed E-state index contributed by atoms with van der Waals surface area (Å²) in [7, 11) is 2.69. The number of aromatic carboxylic acids is 1. The van der Waals surface area contributed by atoms with Gasteiger partial charge >= 0.3 is 41.8 Å². The first-order valence-corrected chi connectivity index (χ1v) is 41.8. The van der Waals surface area contributed by atoms with Gasteiger partial charge in [-0.2, -0.15) is 10.2 Å². The first kappa shape index (κ1) is 111. The number of unbranched alkanes of at least 4 members (excludes halogenated alkanes) is 28. The number of aliphatic hydroxyl groups excluding tert-OH is 2. The van der Waals surface area contributed by atoms with E-state index in [0.717, 1.165) is 141 Å². The molecule has 0 heterocycles. The van der Waals surface area contributed by atoms with Crippen LogP contribution in [0.5, 0.6) is 5.75 Å². The number of aromatic hydroxyl groups is 1. The summed E-state index contributed by atoms with van der Waals surface area (Å²) in [5.41, 5.74) is -6.77. The van der Waals surface area contributed by atoms with Gasteiger partial charge in [0, 0.05) is 134 Å². The van der Waals surface area contributed by atoms with Gasteiger partial charge in [-0.15, -0.1) is 0 Å². The number of ketones is 2. The van der Waals surface area contributed by atoms with Gasteiger partial charge in [0.25, 0.3) is 0 Å². The molecule has 0 bridgehead atoms. The number of carbonyl (C=O) groups excluding carboxylic acids is 8. The number of ether oxygens (including phenoxy) is 4. The summed E-state index contributed by atoms with van der Waals surface area (Å²) in [5, 5.41) is 169. The highest BCUT2D eigenvalue weighted by Gasteiger charge is 2.42. The van der Waals surface area contributed by atoms with Crippen molar-refractivity contribution in [1.82, 2.24) is 0 Å². The van der Waals surface area contributed by atoms with E-state index in [1.165, 1.54) is 21.0 Å². The lowest BCUT2D eigenvalue weighted by atomic mass is 9.79. The molecule has 2 rings (SSSR count). The molecular weight excluding hydrogens is 1710 g/mol. The number of esters is 4. The number of hydrogen-bond donors (Lipinski definition) is 4. The second-order valence-electron chi connectivity index (χ2n) is 27.3. The van der Waals surface area contributed by atoms with E-state index in [9.17, 15) is 39.6 Å². The Morgan fingerprint density at radius 2 is 0.597 bits per heavy atom. The Labute approximate surface area is 738 Å². The molecule has 59 heteroatoms. The average molecular weight is 1820 g/mol. The van der Waals surface area contributed by atoms with Crippen LogP contribution in [0.4, 0.5) is 0 Å². The predicted octanol–water partition coefficient (Wildman–Crippen LogP) is 21.7. The molecular formula is C70H110N40O19. The van der Waals surface area contributed by atoms with Crippen molar-refractivity contribution in [1.29, 1.82) is 0 Å². The summed E-state index contributed by atoms with van der Waals surface area (Å²) in [6.07, 6.45) is 18.5. The summed E-state index contributed by atoms with van der Waals surface area (Å²) in [4.78, 5) is 143. The van der Waals surface area contributed by atoms with Crippen molar-refractivity contribution < 1.29 is 92.2 Å². The number of aliphatic hydroxyl groups is 2. The van der Waals surface area contributed by atoms with Crippen LogP contribution in [0.15, 0.2) is 209 Å². The van der Waals surface area contributed by atoms with Crippen molar-refractivity contribution in [3.63, 3.8) is 0 Å². The maximum Gasteiger partial charge on any atom is 0.372 e. The van der Waals surface area contributed by atoms with Crippen LogP contribution in [0.25, 0.3) is 10.8 Å². The molecule has 0 saturated heterocycles. The minimum Gasteiger partial charge on any atom is -0.507 e. The van der Waals surface area contributed by atoms with Crippen LogP contribution in [0.2, 0.25) is 0 Å². The quantitative estimate of drug-likeness (QED) is 0.0119. The van der Waals surface area contributed by atoms with E-state index in [1.54, 1.807) is 0 Å². The molecule has 129 heavy (non-hydrogen) atoms. The lowest BCUT2D eigenvalue weighted by Crippen LogP contribution is -2.31. The Bertz CT molecular complexity index is 4380. The Morgan fingerprint density at radius 1 is 0.326 bits per heavy atom. The largest absolute Gasteiger partial charge is 0.507 e. The van der Waals surface area contributed by atoms with Crippen LogP contribution in [-0.2, 0) is 60.6 Å². The first-order chi connectivity index (χ1) is 62.9. The number of phenolic OH excluding ortho intramolecular Hbond substituents is 1. The second-order valence-corrected chi connectivity index (χ2v) is 27.3. The van der Waals surface area contributed by atoms with Gasteiger partial charge in [-0.3, -0.25) is 19.3 Å². The molecule has 0 aromatic heterocycles. The molecule has 0 amide bonds. The fraction of sp³-hybridized carbons (Fsp3) is 0.729. The summed E-state index contributed by atoms with van der Waals surface area (Å²) >= 11 is 0. The number of phenols is 1. The highest BCUT2D eigenvalue weighted by atomic mass is 16.7. The van der Waals surface area contributed by atoms with Crippen LogP contribution in [0.1, 0.15) is 316 Å². The fourth-order valence-electron chi connectivity index (χ4n) is 12.0. The van der Waals surface area contributed by atoms with E-state index in [4.69, 9.17) is 23.8 Å². The summed E-state index contributed by atoms with van der Waals surface area (Å²) in [6, 6.07) is 0. The third kappa shape index (κ3) is 50.1. The van der Waals surface area contributed by atoms with Crippen LogP contribution >= 0.6 is 0 Å². The first-order valence-electron chi connectivity index (χ1n) is 41.8. The summed E-state index contributed by atoms with van der Waals surface area (Å²) in [6.45, 7) is 7.11. The van der Waals surface area contributed by atoms with Gasteiger partial charge in [0.15, 0.2) is 5.78 Å². The number of carbonyl (C=O) groups is 9. The zero-order chi connectivity index (χ0) is 94.2. The molecule has 0 saturated carbocycles. The monoisotopic (exact) mass is 1810 g/mol. The highest BCUT2D eigenvalue weighted by Crippen LogP contribution is 2.45. The van der Waals surface area contributed by atoms with Crippen molar-refractivity contribution in [3.05, 3.63) is 38.9 Å². The fourth-order valence-corrected chi connectivity index (χ4v) is 12.0. The molecule has 2 aromatic carbocycles. The molecule has 0 fully saturated rings. The number of nitrogens with zero attached hydrogens (tertiary/aromatic N) is 40. The minimum absolute atomic E-state index is 0.219. The van der Waals surface area contributed by atoms with Crippen molar-refractivity contribution in [2.75, 3.05) is 47.1 Å². The van der Waals surface area contributed by atoms with Crippen molar-refractivity contribution in [2.24, 2.45) is 221 Å². The third-order valence-corrected chi connectivity index (χ3v) is 18.1. The Morgan fingerprint density at radius 3 is 0.891 bits per heavy atom. The Hall–Kier alpha value is -13.9. The molecule has 59 nitrogen and oxygen atoms in total. The van der Waals surface area contributed by atoms with E-state index in [-0.39, 0.29) is 52.1 Å². The maximum absolute atomic E-state index is 15.7.